The number of hydrogen-bond donors (Lipinski definition) is 5. The van der Waals surface area contributed by atoms with E-state index in [-0.39, 0.29) is 57.1 Å². The van der Waals surface area contributed by atoms with Crippen molar-refractivity contribution in [3.05, 3.63) is 57.9 Å². The van der Waals surface area contributed by atoms with Gasteiger partial charge in [-0.2, -0.15) is 21.6 Å². The van der Waals surface area contributed by atoms with Crippen LogP contribution in [0.5, 0.6) is 0 Å². The Morgan fingerprint density at radius 1 is 1.22 bits per heavy atom. The highest BCUT2D eigenvalue weighted by atomic mass is 32.2. The van der Waals surface area contributed by atoms with Crippen LogP contribution >= 0.6 is 11.3 Å². The maximum Gasteiger partial charge on any atom is 0.419 e. The van der Waals surface area contributed by atoms with Crippen LogP contribution in [0.2, 0.25) is 0 Å². The van der Waals surface area contributed by atoms with Gasteiger partial charge in [-0.25, -0.2) is 13.9 Å². The number of amides is 2. The van der Waals surface area contributed by atoms with E-state index in [1.165, 1.54) is 22.2 Å². The molecular weight excluding hydrogens is 601 g/mol. The van der Waals surface area contributed by atoms with Gasteiger partial charge in [0, 0.05) is 30.6 Å². The molecule has 0 spiro atoms. The van der Waals surface area contributed by atoms with E-state index in [4.69, 9.17) is 5.11 Å². The fourth-order valence-electron chi connectivity index (χ4n) is 6.44. The van der Waals surface area contributed by atoms with Gasteiger partial charge in [-0.05, 0) is 54.2 Å². The lowest BCUT2D eigenvalue weighted by atomic mass is 9.77. The van der Waals surface area contributed by atoms with Gasteiger partial charge in [0.25, 0.3) is 15.9 Å². The van der Waals surface area contributed by atoms with Crippen molar-refractivity contribution in [2.45, 2.75) is 43.3 Å². The number of carbonyl (C=O) groups excluding carboxylic acids is 1. The van der Waals surface area contributed by atoms with Gasteiger partial charge in [0.2, 0.25) is 0 Å². The minimum absolute atomic E-state index is 0.00957. The smallest absolute Gasteiger partial charge is 0.419 e. The summed E-state index contributed by atoms with van der Waals surface area (Å²) in [6.07, 6.45) is 0.779. The third-order valence-corrected chi connectivity index (χ3v) is 11.4. The van der Waals surface area contributed by atoms with Crippen LogP contribution in [0.15, 0.2) is 50.3 Å². The Bertz CT molecular complexity index is 1740. The average molecular weight is 626 g/mol. The minimum Gasteiger partial charge on any atom is -0.511 e. The van der Waals surface area contributed by atoms with Crippen LogP contribution in [0.1, 0.15) is 30.4 Å². The molecule has 0 unspecified atom stereocenters. The second-order valence-electron chi connectivity index (χ2n) is 10.4. The quantitative estimate of drug-likeness (QED) is 0.307. The van der Waals surface area contributed by atoms with Crippen LogP contribution in [-0.4, -0.2) is 55.8 Å². The molecule has 0 saturated heterocycles. The number of amidine groups is 1. The Labute approximate surface area is 238 Å². The van der Waals surface area contributed by atoms with Gasteiger partial charge < -0.3 is 20.4 Å². The topological polar surface area (TPSA) is 195 Å². The van der Waals surface area contributed by atoms with Crippen molar-refractivity contribution >= 4 is 54.4 Å². The third kappa shape index (κ3) is 4.85. The number of anilines is 1. The van der Waals surface area contributed by atoms with E-state index in [1.807, 2.05) is 4.72 Å². The maximum atomic E-state index is 13.9. The summed E-state index contributed by atoms with van der Waals surface area (Å²) < 4.78 is 70.9. The number of rotatable bonds is 7. The number of thiophene rings is 1. The predicted octanol–water partition coefficient (Wildman–Crippen LogP) is 2.27. The van der Waals surface area contributed by atoms with Crippen LogP contribution in [0.3, 0.4) is 0 Å². The average Bonchev–Trinajstić information content (AvgIpc) is 3.61. The molecule has 6 rings (SSSR count). The Kier molecular flexibility index (Phi) is 6.59. The van der Waals surface area contributed by atoms with Crippen LogP contribution in [0.25, 0.3) is 0 Å². The molecule has 2 amide bonds. The van der Waals surface area contributed by atoms with Gasteiger partial charge in [-0.3, -0.25) is 4.79 Å². The molecule has 2 saturated carbocycles. The van der Waals surface area contributed by atoms with Crippen molar-refractivity contribution in [2.75, 3.05) is 5.32 Å². The summed E-state index contributed by atoms with van der Waals surface area (Å²) in [7, 11) is -8.94. The van der Waals surface area contributed by atoms with E-state index in [0.717, 1.165) is 30.6 Å². The summed E-state index contributed by atoms with van der Waals surface area (Å²) in [4.78, 5) is 25.9. The van der Waals surface area contributed by atoms with Crippen molar-refractivity contribution < 1.29 is 41.0 Å². The lowest BCUT2D eigenvalue weighted by molar-refractivity contribution is -0.134. The van der Waals surface area contributed by atoms with Crippen molar-refractivity contribution in [3.8, 4) is 0 Å². The summed E-state index contributed by atoms with van der Waals surface area (Å²) in [5, 5.41) is 24.3. The SMILES string of the molecule is O=C(O)NS(=O)(=O)NCc1csc2c1S(=O)(=O)N=C(C1=C(O)[C@@H]3[C@H]4CC[C@H](C4)[C@@H]3N(Cc3ccc(F)cc3)C1=O)N2. The molecule has 218 valence electrons. The fourth-order valence-corrected chi connectivity index (χ4v) is 9.69. The first-order chi connectivity index (χ1) is 19.3. The second kappa shape index (κ2) is 9.78. The Morgan fingerprint density at radius 2 is 1.93 bits per heavy atom. The number of sulfonamides is 1. The Morgan fingerprint density at radius 3 is 2.63 bits per heavy atom. The zero-order valence-electron chi connectivity index (χ0n) is 21.1. The number of hydrogen-bond acceptors (Lipinski definition) is 9. The summed E-state index contributed by atoms with van der Waals surface area (Å²) >= 11 is 0.918. The van der Waals surface area contributed by atoms with Gasteiger partial charge in [-0.15, -0.1) is 15.7 Å². The molecule has 4 aliphatic rings. The zero-order chi connectivity index (χ0) is 29.3. The molecule has 2 aliphatic heterocycles. The van der Waals surface area contributed by atoms with Crippen molar-refractivity contribution in [1.82, 2.24) is 14.3 Å². The Hall–Kier alpha value is -3.54. The molecule has 41 heavy (non-hydrogen) atoms. The molecule has 2 aliphatic carbocycles. The third-order valence-electron chi connectivity index (χ3n) is 7.97. The molecular formula is C24H24FN5O8S3. The van der Waals surface area contributed by atoms with E-state index < -0.39 is 50.5 Å². The van der Waals surface area contributed by atoms with Crippen LogP contribution in [-0.2, 0) is 38.1 Å². The molecule has 13 nitrogen and oxygen atoms in total. The number of fused-ring (bicyclic) bond motifs is 6. The highest BCUT2D eigenvalue weighted by molar-refractivity contribution is 7.91. The molecule has 0 radical (unpaired) electrons. The first kappa shape index (κ1) is 27.6. The van der Waals surface area contributed by atoms with Crippen LogP contribution in [0.4, 0.5) is 14.2 Å². The normalized spacial score (nSPS) is 26.3. The maximum absolute atomic E-state index is 13.9. The van der Waals surface area contributed by atoms with Gasteiger partial charge in [-0.1, -0.05) is 12.1 Å². The van der Waals surface area contributed by atoms with E-state index in [2.05, 4.69) is 9.71 Å². The number of nitrogens with zero attached hydrogens (tertiary/aromatic N) is 2. The largest absolute Gasteiger partial charge is 0.511 e. The lowest BCUT2D eigenvalue weighted by Crippen LogP contribution is -2.53. The number of halogens is 1. The van der Waals surface area contributed by atoms with Crippen LogP contribution in [0, 0.1) is 23.6 Å². The Balaban J connectivity index is 1.34. The number of nitrogens with one attached hydrogen (secondary N) is 3. The molecule has 2 fully saturated rings. The standard InChI is InChI=1S/C24H24FN5O8S3/c25-15-5-1-11(2-6-15)9-30-18-13-4-3-12(7-13)16(18)19(31)17(23(30)32)21-27-22-20(40(35,36)28-21)14(10-39-22)8-26-41(37,38)29-24(33)34/h1-2,5-6,10,12-13,16,18,26,29,31H,3-4,7-9H2,(H,27,28)(H,33,34)/t12-,13+,16+,18-/m0/s1. The molecule has 3 heterocycles. The van der Waals surface area contributed by atoms with Gasteiger partial charge in [0.1, 0.15) is 27.0 Å². The van der Waals surface area contributed by atoms with E-state index in [9.17, 15) is 35.9 Å². The van der Waals surface area contributed by atoms with Crippen molar-refractivity contribution in [2.24, 2.45) is 22.2 Å². The summed E-state index contributed by atoms with van der Waals surface area (Å²) in [6.45, 7) is -0.412. The molecule has 1 aromatic carbocycles. The number of carboxylic acid groups (broad SMARTS) is 1. The molecule has 2 bridgehead atoms. The summed E-state index contributed by atoms with van der Waals surface area (Å²) in [6, 6.07) is 5.45. The van der Waals surface area contributed by atoms with E-state index in [0.29, 0.717) is 5.56 Å². The highest BCUT2D eigenvalue weighted by Gasteiger charge is 2.57. The molecule has 5 N–H and O–H groups in total. The number of benzene rings is 1. The van der Waals surface area contributed by atoms with Gasteiger partial charge >= 0.3 is 16.3 Å². The van der Waals surface area contributed by atoms with Crippen molar-refractivity contribution in [3.63, 3.8) is 0 Å². The number of carbonyl (C=O) groups is 2. The minimum atomic E-state index is -4.47. The fraction of sp³-hybridized carbons (Fsp3) is 0.375. The summed E-state index contributed by atoms with van der Waals surface area (Å²) in [5.74, 6) is -1.68. The molecule has 2 aromatic rings. The predicted molar refractivity (Wildman–Crippen MR) is 144 cm³/mol. The zero-order valence-corrected chi connectivity index (χ0v) is 23.5. The monoisotopic (exact) mass is 625 g/mol. The summed E-state index contributed by atoms with van der Waals surface area (Å²) in [5.41, 5.74) is 0.435. The highest BCUT2D eigenvalue weighted by Crippen LogP contribution is 2.55. The van der Waals surface area contributed by atoms with Gasteiger partial charge in [0.15, 0.2) is 5.84 Å². The first-order valence-corrected chi connectivity index (χ1v) is 16.4. The van der Waals surface area contributed by atoms with E-state index >= 15 is 0 Å². The number of aliphatic hydroxyl groups excluding tert-OH is 1. The first-order valence-electron chi connectivity index (χ1n) is 12.6. The van der Waals surface area contributed by atoms with Gasteiger partial charge in [0.05, 0.1) is 0 Å². The van der Waals surface area contributed by atoms with Crippen LogP contribution < -0.4 is 14.8 Å². The molecule has 1 aromatic heterocycles. The van der Waals surface area contributed by atoms with E-state index in [1.54, 1.807) is 17.0 Å². The molecule has 4 atom stereocenters. The number of aliphatic hydroxyl groups is 1. The second-order valence-corrected chi connectivity index (χ2v) is 14.3. The molecule has 17 heteroatoms. The lowest BCUT2D eigenvalue weighted by Gasteiger charge is -2.44. The van der Waals surface area contributed by atoms with Crippen molar-refractivity contribution in [1.29, 1.82) is 0 Å².